The third-order valence-corrected chi connectivity index (χ3v) is 7.89. The molecule has 0 spiro atoms. The Hall–Kier alpha value is -5.79. The van der Waals surface area contributed by atoms with E-state index in [2.05, 4.69) is 25.5 Å². The van der Waals surface area contributed by atoms with Crippen molar-refractivity contribution in [2.24, 2.45) is 5.16 Å². The highest BCUT2D eigenvalue weighted by atomic mass is 32.2. The Kier molecular flexibility index (Phi) is 9.08. The van der Waals surface area contributed by atoms with E-state index in [0.29, 0.717) is 12.3 Å². The SMILES string of the molecule is CC(C)(O/N=C(\C(=O)N[C@H]1CN(C(=O)NS(=O)(=O)n2nc(-c3cc(=O)c(O)c[nH]3)n(CC(F)(F)F)c2=O)C1=O)c1csc(N)n1)C(=O)O. The maximum absolute atomic E-state index is 13.2. The molecule has 26 heteroatoms. The summed E-state index contributed by atoms with van der Waals surface area (Å²) in [4.78, 5) is 85.3. The highest BCUT2D eigenvalue weighted by Gasteiger charge is 2.44. The number of nitrogens with one attached hydrogen (secondary N) is 3. The predicted molar refractivity (Wildman–Crippen MR) is 153 cm³/mol. The number of aromatic nitrogens is 5. The summed E-state index contributed by atoms with van der Waals surface area (Å²) in [6, 6.07) is -2.65. The lowest BCUT2D eigenvalue weighted by atomic mass is 10.1. The van der Waals surface area contributed by atoms with Gasteiger partial charge in [-0.3, -0.25) is 23.9 Å². The lowest BCUT2D eigenvalue weighted by Crippen LogP contribution is -2.68. The lowest BCUT2D eigenvalue weighted by molar-refractivity contribution is -0.161. The van der Waals surface area contributed by atoms with E-state index < -0.39 is 103 Å². The maximum atomic E-state index is 13.2. The fourth-order valence-corrected chi connectivity index (χ4v) is 5.05. The van der Waals surface area contributed by atoms with E-state index in [1.54, 1.807) is 0 Å². The number of carboxylic acids is 1. The fourth-order valence-electron chi connectivity index (χ4n) is 3.60. The number of nitrogen functional groups attached to an aromatic ring is 1. The van der Waals surface area contributed by atoms with Gasteiger partial charge in [-0.1, -0.05) is 9.24 Å². The zero-order chi connectivity index (χ0) is 35.9. The molecule has 258 valence electrons. The smallest absolute Gasteiger partial charge is 0.406 e. The third-order valence-electron chi connectivity index (χ3n) is 6.09. The van der Waals surface area contributed by atoms with Gasteiger partial charge in [0.1, 0.15) is 18.3 Å². The average Bonchev–Trinajstić information content (AvgIpc) is 3.53. The lowest BCUT2D eigenvalue weighted by Gasteiger charge is -2.36. The van der Waals surface area contributed by atoms with Gasteiger partial charge in [0.05, 0.1) is 12.2 Å². The minimum absolute atomic E-state index is 0.0161. The molecule has 7 N–H and O–H groups in total. The molecule has 1 atom stereocenters. The number of nitrogens with two attached hydrogens (primary N) is 1. The molecular formula is C22H21F3N10O11S2. The Labute approximate surface area is 267 Å². The van der Waals surface area contributed by atoms with Crippen LogP contribution in [0.25, 0.3) is 11.5 Å². The number of carbonyl (C=O) groups excluding carboxylic acids is 3. The number of thiazole rings is 1. The second-order valence-electron chi connectivity index (χ2n) is 10.1. The van der Waals surface area contributed by atoms with Crippen LogP contribution in [0.15, 0.2) is 32.4 Å². The van der Waals surface area contributed by atoms with E-state index in [4.69, 9.17) is 10.6 Å². The first-order valence-electron chi connectivity index (χ1n) is 12.7. The Morgan fingerprint density at radius 2 is 1.92 bits per heavy atom. The number of aromatic amines is 1. The molecule has 4 amide bonds. The van der Waals surface area contributed by atoms with Gasteiger partial charge in [0.25, 0.3) is 11.8 Å². The van der Waals surface area contributed by atoms with Gasteiger partial charge in [-0.2, -0.15) is 21.6 Å². The molecule has 0 bridgehead atoms. The number of nitrogens with zero attached hydrogens (tertiary/aromatic N) is 6. The minimum atomic E-state index is -5.45. The monoisotopic (exact) mass is 722 g/mol. The Morgan fingerprint density at radius 3 is 2.46 bits per heavy atom. The van der Waals surface area contributed by atoms with Crippen LogP contribution >= 0.6 is 11.3 Å². The van der Waals surface area contributed by atoms with Gasteiger partial charge in [-0.25, -0.2) is 24.1 Å². The van der Waals surface area contributed by atoms with Crippen molar-refractivity contribution in [2.45, 2.75) is 38.2 Å². The summed E-state index contributed by atoms with van der Waals surface area (Å²) in [5.74, 6) is -5.67. The summed E-state index contributed by atoms with van der Waals surface area (Å²) in [5.41, 5.74) is -0.795. The van der Waals surface area contributed by atoms with Crippen LogP contribution in [0.1, 0.15) is 19.5 Å². The van der Waals surface area contributed by atoms with E-state index in [1.165, 1.54) is 10.1 Å². The number of carboxylic acid groups (broad SMARTS) is 1. The number of aliphatic carboxylic acids is 1. The van der Waals surface area contributed by atoms with Crippen LogP contribution in [0.2, 0.25) is 0 Å². The highest BCUT2D eigenvalue weighted by molar-refractivity contribution is 7.88. The number of hydrogen-bond acceptors (Lipinski definition) is 15. The molecule has 21 nitrogen and oxygen atoms in total. The molecule has 4 heterocycles. The van der Waals surface area contributed by atoms with Gasteiger partial charge in [0.2, 0.25) is 11.0 Å². The van der Waals surface area contributed by atoms with E-state index in [-0.39, 0.29) is 20.3 Å². The molecule has 1 aliphatic heterocycles. The number of rotatable bonds is 10. The molecule has 1 fully saturated rings. The van der Waals surface area contributed by atoms with Crippen LogP contribution in [0.3, 0.4) is 0 Å². The number of imide groups is 1. The molecule has 0 unspecified atom stereocenters. The molecule has 48 heavy (non-hydrogen) atoms. The summed E-state index contributed by atoms with van der Waals surface area (Å²) < 4.78 is 66.0. The van der Waals surface area contributed by atoms with Crippen molar-refractivity contribution < 1.29 is 55.8 Å². The number of carbonyl (C=O) groups is 4. The van der Waals surface area contributed by atoms with Gasteiger partial charge in [0, 0.05) is 17.6 Å². The second kappa shape index (κ2) is 12.4. The maximum Gasteiger partial charge on any atom is 0.406 e. The number of aromatic hydroxyl groups is 1. The van der Waals surface area contributed by atoms with E-state index >= 15 is 0 Å². The normalized spacial score (nSPS) is 15.5. The third kappa shape index (κ3) is 7.27. The molecule has 1 saturated heterocycles. The topological polar surface area (TPSA) is 303 Å². The number of urea groups is 1. The van der Waals surface area contributed by atoms with Gasteiger partial charge >= 0.3 is 34.1 Å². The molecule has 1 aliphatic rings. The predicted octanol–water partition coefficient (Wildman–Crippen LogP) is -1.88. The standard InChI is InChI=1S/C22H21F3N10O11S2/c1-21(2,17(40)41)46-31-13(10-6-47-18(26)29-10)15(38)28-9-5-33(16(9)39)19(42)32-48(44,45)35-20(43)34(7-22(23,24)25)14(30-35)8-3-11(36)12(37)4-27-8/h3-4,6,9,37H,5,7H2,1-2H3,(H2,26,29)(H,27,36)(H,28,38)(H,32,42)(H,40,41)/b31-13-/t9-/m0/s1. The van der Waals surface area contributed by atoms with Crippen LogP contribution in [-0.2, 0) is 36.0 Å². The molecule has 4 rings (SSSR count). The number of likely N-dealkylation sites (tertiary alicyclic amines) is 1. The molecule has 0 aliphatic carbocycles. The summed E-state index contributed by atoms with van der Waals surface area (Å²) in [5, 5.41) is 28.9. The van der Waals surface area contributed by atoms with Gasteiger partial charge < -0.3 is 31.1 Å². The zero-order valence-corrected chi connectivity index (χ0v) is 25.6. The van der Waals surface area contributed by atoms with Crippen molar-refractivity contribution in [1.29, 1.82) is 0 Å². The van der Waals surface area contributed by atoms with Crippen LogP contribution in [0, 0.1) is 0 Å². The number of hydrogen-bond donors (Lipinski definition) is 6. The minimum Gasteiger partial charge on any atom is -0.503 e. The van der Waals surface area contributed by atoms with Gasteiger partial charge in [0.15, 0.2) is 22.4 Å². The summed E-state index contributed by atoms with van der Waals surface area (Å²) in [6.45, 7) is -0.518. The van der Waals surface area contributed by atoms with Crippen molar-refractivity contribution >= 4 is 56.2 Å². The van der Waals surface area contributed by atoms with Crippen molar-refractivity contribution in [3.05, 3.63) is 44.0 Å². The first-order chi connectivity index (χ1) is 22.1. The van der Waals surface area contributed by atoms with Crippen molar-refractivity contribution in [3.63, 3.8) is 0 Å². The van der Waals surface area contributed by atoms with Crippen LogP contribution in [-0.4, -0.2) is 101 Å². The molecule has 0 saturated carbocycles. The number of oxime groups is 1. The fraction of sp³-hybridized carbons (Fsp3) is 0.318. The molecular weight excluding hydrogens is 701 g/mol. The molecule has 3 aromatic rings. The number of halogens is 3. The summed E-state index contributed by atoms with van der Waals surface area (Å²) in [7, 11) is -5.45. The average molecular weight is 723 g/mol. The van der Waals surface area contributed by atoms with E-state index in [1.807, 2.05) is 0 Å². The quantitative estimate of drug-likeness (QED) is 0.0759. The van der Waals surface area contributed by atoms with Crippen molar-refractivity contribution in [3.8, 4) is 17.3 Å². The zero-order valence-electron chi connectivity index (χ0n) is 24.0. The number of H-pyrrole nitrogens is 1. The number of amides is 4. The van der Waals surface area contributed by atoms with Crippen molar-refractivity contribution in [1.82, 2.24) is 38.7 Å². The molecule has 0 aromatic carbocycles. The Balaban J connectivity index is 1.52. The number of alkyl halides is 3. The number of anilines is 1. The van der Waals surface area contributed by atoms with Crippen molar-refractivity contribution in [2.75, 3.05) is 12.3 Å². The van der Waals surface area contributed by atoms with E-state index in [0.717, 1.165) is 25.2 Å². The van der Waals surface area contributed by atoms with Crippen LogP contribution < -0.4 is 26.9 Å². The number of pyridine rings is 1. The largest absolute Gasteiger partial charge is 0.503 e. The summed E-state index contributed by atoms with van der Waals surface area (Å²) >= 11 is 0.879. The Morgan fingerprint density at radius 1 is 1.25 bits per heavy atom. The number of β-lactam (4-membered cyclic amide) rings is 1. The van der Waals surface area contributed by atoms with Crippen LogP contribution in [0.4, 0.5) is 23.1 Å². The molecule has 0 radical (unpaired) electrons. The molecule has 3 aromatic heterocycles. The summed E-state index contributed by atoms with van der Waals surface area (Å²) in [6.07, 6.45) is -4.46. The van der Waals surface area contributed by atoms with Crippen LogP contribution in [0.5, 0.6) is 5.75 Å². The highest BCUT2D eigenvalue weighted by Crippen LogP contribution is 2.21. The van der Waals surface area contributed by atoms with Gasteiger partial charge in [-0.15, -0.1) is 16.4 Å². The second-order valence-corrected chi connectivity index (χ2v) is 12.4. The first-order valence-corrected chi connectivity index (χ1v) is 15.0. The van der Waals surface area contributed by atoms with E-state index in [9.17, 15) is 60.6 Å². The Bertz CT molecular complexity index is 2080. The first kappa shape index (κ1) is 35.1. The van der Waals surface area contributed by atoms with Gasteiger partial charge in [-0.05, 0) is 13.8 Å².